The molecule has 0 bridgehead atoms. The molecule has 1 unspecified atom stereocenters. The van der Waals surface area contributed by atoms with Gasteiger partial charge in [-0.3, -0.25) is 0 Å². The molecular formula is C12H9F3N2O2. The van der Waals surface area contributed by atoms with Crippen molar-refractivity contribution in [1.82, 2.24) is 9.97 Å². The van der Waals surface area contributed by atoms with Crippen molar-refractivity contribution in [2.24, 2.45) is 0 Å². The minimum atomic E-state index is -4.82. The Hall–Kier alpha value is -2.15. The first kappa shape index (κ1) is 13.3. The fraction of sp³-hybridized carbons (Fsp3) is 0.167. The lowest BCUT2D eigenvalue weighted by molar-refractivity contribution is -0.275. The summed E-state index contributed by atoms with van der Waals surface area (Å²) in [6, 6.07) is 6.77. The molecule has 0 aliphatic carbocycles. The van der Waals surface area contributed by atoms with E-state index < -0.39 is 18.2 Å². The Balaban J connectivity index is 2.35. The van der Waals surface area contributed by atoms with Crippen LogP contribution >= 0.6 is 0 Å². The fourth-order valence-electron chi connectivity index (χ4n) is 1.55. The van der Waals surface area contributed by atoms with Crippen molar-refractivity contribution in [2.45, 2.75) is 12.5 Å². The van der Waals surface area contributed by atoms with Crippen LogP contribution in [0.5, 0.6) is 5.75 Å². The lowest BCUT2D eigenvalue weighted by Crippen LogP contribution is -2.19. The Morgan fingerprint density at radius 2 is 1.89 bits per heavy atom. The summed E-state index contributed by atoms with van der Waals surface area (Å²) in [5.74, 6) is -0.457. The Labute approximate surface area is 106 Å². The van der Waals surface area contributed by atoms with E-state index in [4.69, 9.17) is 0 Å². The van der Waals surface area contributed by atoms with Crippen LogP contribution in [0.4, 0.5) is 13.2 Å². The highest BCUT2D eigenvalue weighted by molar-refractivity contribution is 5.38. The van der Waals surface area contributed by atoms with Gasteiger partial charge in [0.1, 0.15) is 18.2 Å². The van der Waals surface area contributed by atoms with E-state index in [9.17, 15) is 18.3 Å². The average molecular weight is 270 g/mol. The molecule has 2 aromatic rings. The van der Waals surface area contributed by atoms with Gasteiger partial charge in [-0.1, -0.05) is 18.2 Å². The zero-order chi connectivity index (χ0) is 13.9. The standard InChI is InChI=1S/C12H9F3N2O2/c13-12(14,15)19-10-4-2-1-3-8(10)11(18)9-5-6-16-7-17-9/h1-7,11,18H. The van der Waals surface area contributed by atoms with E-state index in [2.05, 4.69) is 14.7 Å². The van der Waals surface area contributed by atoms with Gasteiger partial charge in [0.05, 0.1) is 5.69 Å². The summed E-state index contributed by atoms with van der Waals surface area (Å²) in [6.45, 7) is 0. The number of alkyl halides is 3. The van der Waals surface area contributed by atoms with Gasteiger partial charge in [0.15, 0.2) is 0 Å². The van der Waals surface area contributed by atoms with Crippen molar-refractivity contribution >= 4 is 0 Å². The molecule has 0 amide bonds. The first-order chi connectivity index (χ1) is 8.97. The van der Waals surface area contributed by atoms with Gasteiger partial charge in [-0.05, 0) is 12.1 Å². The van der Waals surface area contributed by atoms with Crippen molar-refractivity contribution in [2.75, 3.05) is 0 Å². The highest BCUT2D eigenvalue weighted by Gasteiger charge is 2.33. The number of hydrogen-bond donors (Lipinski definition) is 1. The minimum absolute atomic E-state index is 0.0153. The van der Waals surface area contributed by atoms with Gasteiger partial charge in [0, 0.05) is 11.8 Å². The summed E-state index contributed by atoms with van der Waals surface area (Å²) in [5.41, 5.74) is 0.173. The number of aliphatic hydroxyl groups is 1. The first-order valence-corrected chi connectivity index (χ1v) is 5.26. The Bertz CT molecular complexity index is 546. The van der Waals surface area contributed by atoms with Crippen LogP contribution in [0.15, 0.2) is 42.9 Å². The third-order valence-electron chi connectivity index (χ3n) is 2.32. The third-order valence-corrected chi connectivity index (χ3v) is 2.32. The topological polar surface area (TPSA) is 55.2 Å². The van der Waals surface area contributed by atoms with Gasteiger partial charge in [0.25, 0.3) is 0 Å². The molecule has 1 atom stereocenters. The molecule has 0 aliphatic heterocycles. The molecule has 100 valence electrons. The van der Waals surface area contributed by atoms with E-state index in [1.165, 1.54) is 36.8 Å². The number of para-hydroxylation sites is 1. The molecule has 0 radical (unpaired) electrons. The smallest absolute Gasteiger partial charge is 0.405 e. The first-order valence-electron chi connectivity index (χ1n) is 5.26. The van der Waals surface area contributed by atoms with Crippen LogP contribution in [-0.2, 0) is 0 Å². The molecule has 4 nitrogen and oxygen atoms in total. The van der Waals surface area contributed by atoms with E-state index >= 15 is 0 Å². The second-order valence-electron chi connectivity index (χ2n) is 3.62. The van der Waals surface area contributed by atoms with Crippen LogP contribution in [0, 0.1) is 0 Å². The summed E-state index contributed by atoms with van der Waals surface area (Å²) in [6.07, 6.45) is -3.55. The molecule has 7 heteroatoms. The van der Waals surface area contributed by atoms with Crippen LogP contribution in [-0.4, -0.2) is 21.4 Å². The molecule has 2 rings (SSSR count). The summed E-state index contributed by atoms with van der Waals surface area (Å²) in [7, 11) is 0. The number of aliphatic hydroxyl groups excluding tert-OH is 1. The largest absolute Gasteiger partial charge is 0.573 e. The maximum Gasteiger partial charge on any atom is 0.573 e. The second-order valence-corrected chi connectivity index (χ2v) is 3.62. The minimum Gasteiger partial charge on any atom is -0.405 e. The highest BCUT2D eigenvalue weighted by Crippen LogP contribution is 2.32. The van der Waals surface area contributed by atoms with Crippen LogP contribution in [0.2, 0.25) is 0 Å². The molecule has 1 heterocycles. The van der Waals surface area contributed by atoms with E-state index in [0.29, 0.717) is 0 Å². The van der Waals surface area contributed by atoms with Crippen molar-refractivity contribution in [3.63, 3.8) is 0 Å². The zero-order valence-corrected chi connectivity index (χ0v) is 9.50. The quantitative estimate of drug-likeness (QED) is 0.930. The predicted octanol–water partition coefficient (Wildman–Crippen LogP) is 2.46. The molecule has 19 heavy (non-hydrogen) atoms. The normalized spacial score (nSPS) is 13.1. The van der Waals surface area contributed by atoms with Gasteiger partial charge < -0.3 is 9.84 Å². The number of ether oxygens (including phenoxy) is 1. The average Bonchev–Trinajstić information content (AvgIpc) is 2.38. The monoisotopic (exact) mass is 270 g/mol. The van der Waals surface area contributed by atoms with Gasteiger partial charge in [-0.25, -0.2) is 9.97 Å². The fourth-order valence-corrected chi connectivity index (χ4v) is 1.55. The van der Waals surface area contributed by atoms with Crippen molar-refractivity contribution < 1.29 is 23.0 Å². The van der Waals surface area contributed by atoms with Crippen LogP contribution < -0.4 is 4.74 Å². The van der Waals surface area contributed by atoms with Gasteiger partial charge in [-0.15, -0.1) is 13.2 Å². The molecule has 1 N–H and O–H groups in total. The molecule has 0 aliphatic rings. The van der Waals surface area contributed by atoms with Gasteiger partial charge >= 0.3 is 6.36 Å². The second kappa shape index (κ2) is 5.23. The number of benzene rings is 1. The van der Waals surface area contributed by atoms with Crippen LogP contribution in [0.1, 0.15) is 17.4 Å². The van der Waals surface area contributed by atoms with Crippen LogP contribution in [0.25, 0.3) is 0 Å². The molecule has 0 saturated carbocycles. The van der Waals surface area contributed by atoms with Crippen molar-refractivity contribution in [3.05, 3.63) is 54.1 Å². The highest BCUT2D eigenvalue weighted by atomic mass is 19.4. The van der Waals surface area contributed by atoms with E-state index in [1.807, 2.05) is 0 Å². The van der Waals surface area contributed by atoms with Gasteiger partial charge in [0.2, 0.25) is 0 Å². The Morgan fingerprint density at radius 1 is 1.16 bits per heavy atom. The van der Waals surface area contributed by atoms with E-state index in [0.717, 1.165) is 6.07 Å². The van der Waals surface area contributed by atoms with E-state index in [-0.39, 0.29) is 11.3 Å². The number of halogens is 3. The number of hydrogen-bond acceptors (Lipinski definition) is 4. The van der Waals surface area contributed by atoms with Crippen molar-refractivity contribution in [1.29, 1.82) is 0 Å². The van der Waals surface area contributed by atoms with E-state index in [1.54, 1.807) is 0 Å². The number of aromatic nitrogens is 2. The summed E-state index contributed by atoms with van der Waals surface area (Å²) < 4.78 is 40.6. The molecule has 0 saturated heterocycles. The predicted molar refractivity (Wildman–Crippen MR) is 59.2 cm³/mol. The third kappa shape index (κ3) is 3.41. The molecule has 1 aromatic carbocycles. The van der Waals surface area contributed by atoms with Crippen LogP contribution in [0.3, 0.4) is 0 Å². The lowest BCUT2D eigenvalue weighted by Gasteiger charge is -2.16. The summed E-state index contributed by atoms with van der Waals surface area (Å²) >= 11 is 0. The number of nitrogens with zero attached hydrogens (tertiary/aromatic N) is 2. The number of rotatable bonds is 3. The molecular weight excluding hydrogens is 261 g/mol. The zero-order valence-electron chi connectivity index (χ0n) is 9.50. The Kier molecular flexibility index (Phi) is 3.66. The Morgan fingerprint density at radius 3 is 2.53 bits per heavy atom. The maximum atomic E-state index is 12.3. The van der Waals surface area contributed by atoms with Gasteiger partial charge in [-0.2, -0.15) is 0 Å². The van der Waals surface area contributed by atoms with Crippen molar-refractivity contribution in [3.8, 4) is 5.75 Å². The summed E-state index contributed by atoms with van der Waals surface area (Å²) in [4.78, 5) is 7.46. The molecule has 0 spiro atoms. The summed E-state index contributed by atoms with van der Waals surface area (Å²) in [5, 5.41) is 10.0. The lowest BCUT2D eigenvalue weighted by atomic mass is 10.1. The molecule has 1 aromatic heterocycles. The SMILES string of the molecule is OC(c1ccncn1)c1ccccc1OC(F)(F)F. The maximum absolute atomic E-state index is 12.3. The molecule has 0 fully saturated rings.